The summed E-state index contributed by atoms with van der Waals surface area (Å²) < 4.78 is 5.57. The highest BCUT2D eigenvalue weighted by Crippen LogP contribution is 2.18. The van der Waals surface area contributed by atoms with Crippen LogP contribution >= 0.6 is 0 Å². The van der Waals surface area contributed by atoms with Crippen LogP contribution in [0.25, 0.3) is 0 Å². The number of primary amides is 1. The molecular formula is C15H12N2O2. The Bertz CT molecular complexity index is 645. The number of para-hydroxylation sites is 1. The number of nitrogens with zero attached hydrogens (tertiary/aromatic N) is 1. The van der Waals surface area contributed by atoms with Crippen molar-refractivity contribution in [2.24, 2.45) is 5.73 Å². The Kier molecular flexibility index (Phi) is 3.79. The van der Waals surface area contributed by atoms with Crippen molar-refractivity contribution in [3.05, 3.63) is 65.2 Å². The Morgan fingerprint density at radius 3 is 2.74 bits per heavy atom. The van der Waals surface area contributed by atoms with Gasteiger partial charge in [-0.1, -0.05) is 24.3 Å². The predicted octanol–water partition coefficient (Wildman–Crippen LogP) is 2.24. The Morgan fingerprint density at radius 2 is 2.00 bits per heavy atom. The third-order valence-electron chi connectivity index (χ3n) is 2.61. The van der Waals surface area contributed by atoms with Crippen LogP contribution < -0.4 is 10.5 Å². The third kappa shape index (κ3) is 3.11. The fourth-order valence-electron chi connectivity index (χ4n) is 1.66. The first kappa shape index (κ1) is 12.7. The smallest absolute Gasteiger partial charge is 0.248 e. The molecule has 19 heavy (non-hydrogen) atoms. The van der Waals surface area contributed by atoms with Crippen molar-refractivity contribution in [3.8, 4) is 11.8 Å². The van der Waals surface area contributed by atoms with Crippen LogP contribution in [0.3, 0.4) is 0 Å². The zero-order valence-electron chi connectivity index (χ0n) is 10.2. The molecule has 2 aromatic carbocycles. The molecule has 0 saturated carbocycles. The van der Waals surface area contributed by atoms with Gasteiger partial charge < -0.3 is 10.5 Å². The molecule has 94 valence electrons. The minimum absolute atomic E-state index is 0.278. The van der Waals surface area contributed by atoms with E-state index in [4.69, 9.17) is 15.7 Å². The predicted molar refractivity (Wildman–Crippen MR) is 70.4 cm³/mol. The molecule has 0 bridgehead atoms. The average molecular weight is 252 g/mol. The van der Waals surface area contributed by atoms with Gasteiger partial charge in [-0.05, 0) is 29.8 Å². The van der Waals surface area contributed by atoms with Gasteiger partial charge in [-0.2, -0.15) is 5.26 Å². The molecule has 2 rings (SSSR count). The minimum atomic E-state index is -0.473. The van der Waals surface area contributed by atoms with Crippen LogP contribution in [0.4, 0.5) is 0 Å². The number of nitriles is 1. The maximum atomic E-state index is 11.1. The number of benzene rings is 2. The number of rotatable bonds is 4. The van der Waals surface area contributed by atoms with Crippen molar-refractivity contribution in [1.29, 1.82) is 5.26 Å². The van der Waals surface area contributed by atoms with Crippen LogP contribution in [0.5, 0.6) is 5.75 Å². The highest BCUT2D eigenvalue weighted by Gasteiger charge is 2.04. The first-order valence-corrected chi connectivity index (χ1v) is 5.71. The van der Waals surface area contributed by atoms with Crippen molar-refractivity contribution < 1.29 is 9.53 Å². The Morgan fingerprint density at radius 1 is 1.21 bits per heavy atom. The number of carbonyl (C=O) groups excluding carboxylic acids is 1. The zero-order valence-corrected chi connectivity index (χ0v) is 10.2. The second kappa shape index (κ2) is 5.69. The van der Waals surface area contributed by atoms with Crippen LogP contribution in [-0.4, -0.2) is 5.91 Å². The number of ether oxygens (including phenoxy) is 1. The average Bonchev–Trinajstić information content (AvgIpc) is 2.45. The van der Waals surface area contributed by atoms with Gasteiger partial charge in [0.2, 0.25) is 5.91 Å². The van der Waals surface area contributed by atoms with Gasteiger partial charge in [-0.3, -0.25) is 4.79 Å². The molecule has 4 nitrogen and oxygen atoms in total. The molecule has 0 fully saturated rings. The van der Waals surface area contributed by atoms with E-state index in [0.29, 0.717) is 16.9 Å². The molecule has 4 heteroatoms. The van der Waals surface area contributed by atoms with E-state index >= 15 is 0 Å². The summed E-state index contributed by atoms with van der Waals surface area (Å²) in [4.78, 5) is 11.1. The van der Waals surface area contributed by atoms with E-state index in [1.54, 1.807) is 42.5 Å². The molecular weight excluding hydrogens is 240 g/mol. The molecule has 0 aliphatic rings. The molecule has 2 aromatic rings. The van der Waals surface area contributed by atoms with Crippen molar-refractivity contribution in [2.45, 2.75) is 6.61 Å². The van der Waals surface area contributed by atoms with E-state index in [0.717, 1.165) is 5.56 Å². The van der Waals surface area contributed by atoms with Crippen LogP contribution in [0.2, 0.25) is 0 Å². The summed E-state index contributed by atoms with van der Waals surface area (Å²) in [6, 6.07) is 16.0. The second-order valence-corrected chi connectivity index (χ2v) is 3.96. The van der Waals surface area contributed by atoms with Gasteiger partial charge in [0.05, 0.1) is 5.56 Å². The quantitative estimate of drug-likeness (QED) is 0.906. The Balaban J connectivity index is 2.13. The van der Waals surface area contributed by atoms with Gasteiger partial charge in [0.1, 0.15) is 18.4 Å². The first-order chi connectivity index (χ1) is 9.20. The SMILES string of the molecule is N#Cc1ccccc1OCc1cccc(C(N)=O)c1. The summed E-state index contributed by atoms with van der Waals surface area (Å²) in [6.07, 6.45) is 0. The van der Waals surface area contributed by atoms with Gasteiger partial charge in [0.15, 0.2) is 0 Å². The molecule has 0 aromatic heterocycles. The van der Waals surface area contributed by atoms with Crippen LogP contribution in [0, 0.1) is 11.3 Å². The lowest BCUT2D eigenvalue weighted by Crippen LogP contribution is -2.11. The first-order valence-electron chi connectivity index (χ1n) is 5.71. The lowest BCUT2D eigenvalue weighted by molar-refractivity contribution is 0.1000. The summed E-state index contributed by atoms with van der Waals surface area (Å²) in [5, 5.41) is 8.94. The fraction of sp³-hybridized carbons (Fsp3) is 0.0667. The van der Waals surface area contributed by atoms with Crippen LogP contribution in [-0.2, 0) is 6.61 Å². The number of nitrogens with two attached hydrogens (primary N) is 1. The maximum Gasteiger partial charge on any atom is 0.248 e. The second-order valence-electron chi connectivity index (χ2n) is 3.96. The van der Waals surface area contributed by atoms with Crippen molar-refractivity contribution in [1.82, 2.24) is 0 Å². The number of amides is 1. The normalized spacial score (nSPS) is 9.63. The highest BCUT2D eigenvalue weighted by atomic mass is 16.5. The number of hydrogen-bond donors (Lipinski definition) is 1. The van der Waals surface area contributed by atoms with Gasteiger partial charge in [0, 0.05) is 5.56 Å². The molecule has 0 unspecified atom stereocenters. The lowest BCUT2D eigenvalue weighted by Gasteiger charge is -2.08. The van der Waals surface area contributed by atoms with Gasteiger partial charge in [-0.15, -0.1) is 0 Å². The monoisotopic (exact) mass is 252 g/mol. The lowest BCUT2D eigenvalue weighted by atomic mass is 10.1. The molecule has 0 saturated heterocycles. The largest absolute Gasteiger partial charge is 0.488 e. The molecule has 0 heterocycles. The molecule has 0 aliphatic carbocycles. The molecule has 0 aliphatic heterocycles. The van der Waals surface area contributed by atoms with Crippen molar-refractivity contribution in [3.63, 3.8) is 0 Å². The summed E-state index contributed by atoms with van der Waals surface area (Å²) in [7, 11) is 0. The highest BCUT2D eigenvalue weighted by molar-refractivity contribution is 5.92. The van der Waals surface area contributed by atoms with E-state index in [1.165, 1.54) is 0 Å². The molecule has 0 spiro atoms. The Hall–Kier alpha value is -2.80. The summed E-state index contributed by atoms with van der Waals surface area (Å²) in [6.45, 7) is 0.278. The van der Waals surface area contributed by atoms with E-state index < -0.39 is 5.91 Å². The Labute approximate surface area is 111 Å². The molecule has 0 radical (unpaired) electrons. The van der Waals surface area contributed by atoms with E-state index in [1.807, 2.05) is 6.07 Å². The van der Waals surface area contributed by atoms with Gasteiger partial charge in [-0.25, -0.2) is 0 Å². The number of carbonyl (C=O) groups is 1. The molecule has 1 amide bonds. The maximum absolute atomic E-state index is 11.1. The summed E-state index contributed by atoms with van der Waals surface area (Å²) >= 11 is 0. The van der Waals surface area contributed by atoms with E-state index in [2.05, 4.69) is 6.07 Å². The summed E-state index contributed by atoms with van der Waals surface area (Å²) in [5.41, 5.74) is 6.96. The van der Waals surface area contributed by atoms with Crippen LogP contribution in [0.15, 0.2) is 48.5 Å². The van der Waals surface area contributed by atoms with Crippen LogP contribution in [0.1, 0.15) is 21.5 Å². The van der Waals surface area contributed by atoms with Crippen molar-refractivity contribution >= 4 is 5.91 Å². The number of hydrogen-bond acceptors (Lipinski definition) is 3. The fourth-order valence-corrected chi connectivity index (χ4v) is 1.66. The molecule has 2 N–H and O–H groups in total. The molecule has 0 atom stereocenters. The minimum Gasteiger partial charge on any atom is -0.488 e. The standard InChI is InChI=1S/C15H12N2O2/c16-9-13-5-1-2-7-14(13)19-10-11-4-3-6-12(8-11)15(17)18/h1-8H,10H2,(H2,17,18). The van der Waals surface area contributed by atoms with Gasteiger partial charge >= 0.3 is 0 Å². The van der Waals surface area contributed by atoms with Gasteiger partial charge in [0.25, 0.3) is 0 Å². The van der Waals surface area contributed by atoms with E-state index in [-0.39, 0.29) is 6.61 Å². The summed E-state index contributed by atoms with van der Waals surface area (Å²) in [5.74, 6) is 0.0498. The van der Waals surface area contributed by atoms with Crippen molar-refractivity contribution in [2.75, 3.05) is 0 Å². The third-order valence-corrected chi connectivity index (χ3v) is 2.61. The van der Waals surface area contributed by atoms with E-state index in [9.17, 15) is 4.79 Å². The zero-order chi connectivity index (χ0) is 13.7. The topological polar surface area (TPSA) is 76.1 Å².